The van der Waals surface area contributed by atoms with Crippen molar-refractivity contribution in [2.45, 2.75) is 20.8 Å². The van der Waals surface area contributed by atoms with Gasteiger partial charge in [-0.3, -0.25) is 4.79 Å². The molecule has 2 rings (SSSR count). The van der Waals surface area contributed by atoms with Crippen LogP contribution in [0.1, 0.15) is 28.4 Å². The molecule has 3 nitrogen and oxygen atoms in total. The van der Waals surface area contributed by atoms with Crippen LogP contribution in [0.3, 0.4) is 0 Å². The van der Waals surface area contributed by atoms with Gasteiger partial charge < -0.3 is 9.80 Å². The Morgan fingerprint density at radius 1 is 1.05 bits per heavy atom. The van der Waals surface area contributed by atoms with Crippen molar-refractivity contribution in [1.82, 2.24) is 0 Å². The molecule has 0 spiro atoms. The van der Waals surface area contributed by atoms with Crippen molar-refractivity contribution in [2.24, 2.45) is 0 Å². The summed E-state index contributed by atoms with van der Waals surface area (Å²) in [5, 5.41) is 0. The predicted octanol–water partition coefficient (Wildman–Crippen LogP) is 4.04. The fraction of sp³-hybridized carbons (Fsp3) is 0.316. The summed E-state index contributed by atoms with van der Waals surface area (Å²) in [6.45, 7) is 6.75. The smallest absolute Gasteiger partial charge is 0.258 e. The number of carbonyl (C=O) groups is 1. The zero-order valence-corrected chi connectivity index (χ0v) is 14.1. The van der Waals surface area contributed by atoms with Gasteiger partial charge in [0.15, 0.2) is 0 Å². The van der Waals surface area contributed by atoms with Crippen LogP contribution in [0, 0.1) is 13.8 Å². The zero-order chi connectivity index (χ0) is 16.3. The molecule has 0 aromatic heterocycles. The second-order valence-electron chi connectivity index (χ2n) is 5.78. The summed E-state index contributed by atoms with van der Waals surface area (Å²) in [4.78, 5) is 16.8. The Morgan fingerprint density at radius 2 is 1.77 bits per heavy atom. The summed E-state index contributed by atoms with van der Waals surface area (Å²) >= 11 is 0. The highest BCUT2D eigenvalue weighted by atomic mass is 16.2. The lowest BCUT2D eigenvalue weighted by atomic mass is 10.1. The van der Waals surface area contributed by atoms with Crippen molar-refractivity contribution >= 4 is 17.3 Å². The molecule has 0 unspecified atom stereocenters. The van der Waals surface area contributed by atoms with Crippen LogP contribution in [0.5, 0.6) is 0 Å². The average Bonchev–Trinajstić information content (AvgIpc) is 2.51. The molecule has 22 heavy (non-hydrogen) atoms. The Kier molecular flexibility index (Phi) is 4.86. The van der Waals surface area contributed by atoms with Gasteiger partial charge in [0, 0.05) is 37.6 Å². The van der Waals surface area contributed by atoms with E-state index in [1.807, 2.05) is 68.9 Å². The normalized spacial score (nSPS) is 10.4. The highest BCUT2D eigenvalue weighted by Crippen LogP contribution is 2.24. The van der Waals surface area contributed by atoms with E-state index >= 15 is 0 Å². The first-order valence-corrected chi connectivity index (χ1v) is 7.60. The van der Waals surface area contributed by atoms with E-state index in [4.69, 9.17) is 0 Å². The quantitative estimate of drug-likeness (QED) is 0.850. The summed E-state index contributed by atoms with van der Waals surface area (Å²) in [6, 6.07) is 14.0. The second-order valence-corrected chi connectivity index (χ2v) is 5.78. The third kappa shape index (κ3) is 3.30. The molecular weight excluding hydrogens is 272 g/mol. The summed E-state index contributed by atoms with van der Waals surface area (Å²) in [6.07, 6.45) is 0. The van der Waals surface area contributed by atoms with E-state index in [2.05, 4.69) is 18.2 Å². The van der Waals surface area contributed by atoms with Crippen molar-refractivity contribution in [3.05, 3.63) is 59.2 Å². The minimum Gasteiger partial charge on any atom is -0.378 e. The molecule has 0 aliphatic rings. The Balaban J connectivity index is 2.41. The number of hydrogen-bond donors (Lipinski definition) is 0. The fourth-order valence-electron chi connectivity index (χ4n) is 2.51. The molecule has 1 amide bonds. The van der Waals surface area contributed by atoms with Crippen LogP contribution >= 0.6 is 0 Å². The fourth-order valence-corrected chi connectivity index (χ4v) is 2.51. The monoisotopic (exact) mass is 296 g/mol. The molecule has 0 saturated heterocycles. The van der Waals surface area contributed by atoms with Crippen molar-refractivity contribution in [2.75, 3.05) is 30.4 Å². The number of carbonyl (C=O) groups excluding carboxylic acids is 1. The van der Waals surface area contributed by atoms with Crippen molar-refractivity contribution in [3.63, 3.8) is 0 Å². The van der Waals surface area contributed by atoms with Crippen LogP contribution in [0.2, 0.25) is 0 Å². The van der Waals surface area contributed by atoms with Crippen LogP contribution in [-0.2, 0) is 0 Å². The topological polar surface area (TPSA) is 23.6 Å². The highest BCUT2D eigenvalue weighted by Gasteiger charge is 2.18. The molecule has 0 radical (unpaired) electrons. The maximum Gasteiger partial charge on any atom is 0.258 e. The van der Waals surface area contributed by atoms with Gasteiger partial charge in [-0.15, -0.1) is 0 Å². The molecule has 0 saturated carbocycles. The van der Waals surface area contributed by atoms with E-state index in [-0.39, 0.29) is 5.91 Å². The minimum absolute atomic E-state index is 0.0416. The average molecular weight is 296 g/mol. The van der Waals surface area contributed by atoms with E-state index in [0.717, 1.165) is 22.5 Å². The van der Waals surface area contributed by atoms with E-state index in [1.54, 1.807) is 0 Å². The first-order chi connectivity index (χ1) is 10.4. The lowest BCUT2D eigenvalue weighted by Gasteiger charge is -2.24. The Labute approximate surface area is 133 Å². The molecule has 0 bridgehead atoms. The summed E-state index contributed by atoms with van der Waals surface area (Å²) in [5.41, 5.74) is 5.01. The molecule has 0 aliphatic carbocycles. The first-order valence-electron chi connectivity index (χ1n) is 7.60. The number of nitrogens with zero attached hydrogens (tertiary/aromatic N) is 2. The standard InChI is InChI=1S/C19H24N2O/c1-6-21(18-12-14(2)10-11-15(18)3)19(22)16-8-7-9-17(13-16)20(4)5/h7-13H,6H2,1-5H3. The second kappa shape index (κ2) is 6.65. The van der Waals surface area contributed by atoms with Crippen LogP contribution < -0.4 is 9.80 Å². The summed E-state index contributed by atoms with van der Waals surface area (Å²) < 4.78 is 0. The van der Waals surface area contributed by atoms with Gasteiger partial charge in [0.1, 0.15) is 0 Å². The molecular formula is C19H24N2O. The van der Waals surface area contributed by atoms with Crippen molar-refractivity contribution in [3.8, 4) is 0 Å². The van der Waals surface area contributed by atoms with Gasteiger partial charge in [-0.05, 0) is 56.2 Å². The predicted molar refractivity (Wildman–Crippen MR) is 94.0 cm³/mol. The molecule has 0 heterocycles. The number of rotatable bonds is 4. The zero-order valence-electron chi connectivity index (χ0n) is 14.1. The van der Waals surface area contributed by atoms with Gasteiger partial charge in [-0.25, -0.2) is 0 Å². The van der Waals surface area contributed by atoms with E-state index in [1.165, 1.54) is 0 Å². The van der Waals surface area contributed by atoms with Gasteiger partial charge >= 0.3 is 0 Å². The van der Waals surface area contributed by atoms with Gasteiger partial charge in [0.2, 0.25) is 0 Å². The van der Waals surface area contributed by atoms with Gasteiger partial charge in [-0.1, -0.05) is 18.2 Å². The van der Waals surface area contributed by atoms with Crippen molar-refractivity contribution in [1.29, 1.82) is 0 Å². The molecule has 0 N–H and O–H groups in total. The van der Waals surface area contributed by atoms with Crippen LogP contribution in [0.4, 0.5) is 11.4 Å². The van der Waals surface area contributed by atoms with Crippen LogP contribution in [-0.4, -0.2) is 26.5 Å². The van der Waals surface area contributed by atoms with Crippen LogP contribution in [0.25, 0.3) is 0 Å². The number of anilines is 2. The highest BCUT2D eigenvalue weighted by molar-refractivity contribution is 6.07. The van der Waals surface area contributed by atoms with E-state index in [0.29, 0.717) is 12.1 Å². The molecule has 0 fully saturated rings. The van der Waals surface area contributed by atoms with Gasteiger partial charge in [0.25, 0.3) is 5.91 Å². The molecule has 0 atom stereocenters. The number of benzene rings is 2. The SMILES string of the molecule is CCN(C(=O)c1cccc(N(C)C)c1)c1cc(C)ccc1C. The third-order valence-electron chi connectivity index (χ3n) is 3.83. The Morgan fingerprint density at radius 3 is 2.41 bits per heavy atom. The molecule has 2 aromatic carbocycles. The third-order valence-corrected chi connectivity index (χ3v) is 3.83. The number of amides is 1. The lowest BCUT2D eigenvalue weighted by molar-refractivity contribution is 0.0988. The van der Waals surface area contributed by atoms with Crippen molar-refractivity contribution < 1.29 is 4.79 Å². The largest absolute Gasteiger partial charge is 0.378 e. The lowest BCUT2D eigenvalue weighted by Crippen LogP contribution is -2.31. The first kappa shape index (κ1) is 16.1. The Bertz CT molecular complexity index is 677. The maximum absolute atomic E-state index is 12.9. The summed E-state index contributed by atoms with van der Waals surface area (Å²) in [5.74, 6) is 0.0416. The maximum atomic E-state index is 12.9. The number of hydrogen-bond acceptors (Lipinski definition) is 2. The van der Waals surface area contributed by atoms with Crippen LogP contribution in [0.15, 0.2) is 42.5 Å². The van der Waals surface area contributed by atoms with Gasteiger partial charge in [-0.2, -0.15) is 0 Å². The molecule has 116 valence electrons. The van der Waals surface area contributed by atoms with E-state index < -0.39 is 0 Å². The van der Waals surface area contributed by atoms with E-state index in [9.17, 15) is 4.79 Å². The summed E-state index contributed by atoms with van der Waals surface area (Å²) in [7, 11) is 3.96. The van der Waals surface area contributed by atoms with Gasteiger partial charge in [0.05, 0.1) is 0 Å². The molecule has 2 aromatic rings. The molecule has 0 aliphatic heterocycles. The molecule has 3 heteroatoms. The Hall–Kier alpha value is -2.29. The minimum atomic E-state index is 0.0416. The number of aryl methyl sites for hydroxylation is 2.